The molecule has 2 fully saturated rings. The van der Waals surface area contributed by atoms with Crippen LogP contribution >= 0.6 is 0 Å². The topological polar surface area (TPSA) is 41.5 Å². The molecular formula is C15H24N4O. The number of aromatic nitrogens is 2. The van der Waals surface area contributed by atoms with Gasteiger partial charge in [-0.3, -0.25) is 4.98 Å². The third-order valence-corrected chi connectivity index (χ3v) is 4.32. The molecule has 0 amide bonds. The number of hydrogen-bond donors (Lipinski definition) is 0. The van der Waals surface area contributed by atoms with Crippen LogP contribution in [0.4, 0.5) is 5.82 Å². The highest BCUT2D eigenvalue weighted by molar-refractivity contribution is 5.36. The maximum absolute atomic E-state index is 6.23. The van der Waals surface area contributed by atoms with Crippen molar-refractivity contribution in [3.63, 3.8) is 0 Å². The third-order valence-electron chi connectivity index (χ3n) is 4.32. The lowest BCUT2D eigenvalue weighted by molar-refractivity contribution is -0.00731. The molecule has 3 rings (SSSR count). The van der Waals surface area contributed by atoms with E-state index in [1.807, 2.05) is 6.20 Å². The van der Waals surface area contributed by atoms with Gasteiger partial charge in [0.15, 0.2) is 0 Å². The van der Waals surface area contributed by atoms with Gasteiger partial charge in [-0.15, -0.1) is 0 Å². The number of piperidine rings is 1. The fraction of sp³-hybridized carbons (Fsp3) is 0.733. The number of nitrogens with zero attached hydrogens (tertiary/aromatic N) is 4. The minimum atomic E-state index is 0.0381. The first-order chi connectivity index (χ1) is 9.67. The zero-order valence-electron chi connectivity index (χ0n) is 12.5. The van der Waals surface area contributed by atoms with Crippen molar-refractivity contribution in [2.24, 2.45) is 5.92 Å². The summed E-state index contributed by atoms with van der Waals surface area (Å²) in [6, 6.07) is 0. The molecular weight excluding hydrogens is 252 g/mol. The fourth-order valence-corrected chi connectivity index (χ4v) is 3.60. The summed E-state index contributed by atoms with van der Waals surface area (Å²) in [6.07, 6.45) is 8.86. The second-order valence-corrected chi connectivity index (χ2v) is 6.42. The molecule has 1 aromatic heterocycles. The Morgan fingerprint density at radius 3 is 3.10 bits per heavy atom. The normalized spacial score (nSPS) is 30.4. The van der Waals surface area contributed by atoms with E-state index in [1.165, 1.54) is 19.3 Å². The first kappa shape index (κ1) is 13.8. The van der Waals surface area contributed by atoms with Gasteiger partial charge in [-0.25, -0.2) is 4.98 Å². The zero-order valence-corrected chi connectivity index (χ0v) is 12.5. The smallest absolute Gasteiger partial charge is 0.147 e. The average Bonchev–Trinajstić information content (AvgIpc) is 2.81. The number of rotatable bonds is 3. The largest absolute Gasteiger partial charge is 0.373 e. The van der Waals surface area contributed by atoms with Crippen LogP contribution in [0.3, 0.4) is 0 Å². The third kappa shape index (κ3) is 2.94. The van der Waals surface area contributed by atoms with Crippen molar-refractivity contribution in [1.29, 1.82) is 0 Å². The molecule has 2 saturated heterocycles. The first-order valence-electron chi connectivity index (χ1n) is 7.47. The van der Waals surface area contributed by atoms with Crippen LogP contribution in [-0.2, 0) is 4.74 Å². The number of anilines is 1. The van der Waals surface area contributed by atoms with Gasteiger partial charge in [0.2, 0.25) is 0 Å². The minimum absolute atomic E-state index is 0.0381. The summed E-state index contributed by atoms with van der Waals surface area (Å²) in [4.78, 5) is 13.2. The van der Waals surface area contributed by atoms with Crippen LogP contribution in [0.25, 0.3) is 0 Å². The second kappa shape index (κ2) is 5.66. The van der Waals surface area contributed by atoms with Gasteiger partial charge in [0.05, 0.1) is 18.4 Å². The second-order valence-electron chi connectivity index (χ2n) is 6.42. The number of hydrogen-bond acceptors (Lipinski definition) is 5. The summed E-state index contributed by atoms with van der Waals surface area (Å²) in [6.45, 7) is 4.02. The molecule has 0 saturated carbocycles. The van der Waals surface area contributed by atoms with Crippen LogP contribution in [-0.4, -0.2) is 60.8 Å². The Morgan fingerprint density at radius 2 is 2.35 bits per heavy atom. The standard InChI is InChI=1S/C15H24N4O/c1-18(2)10-13-8-15(20-11-13)4-3-7-19(12-15)14-9-16-5-6-17-14/h5-6,9,13H,3-4,7-8,10-12H2,1-2H3. The summed E-state index contributed by atoms with van der Waals surface area (Å²) in [5.74, 6) is 1.64. The molecule has 0 N–H and O–H groups in total. The van der Waals surface area contributed by atoms with Gasteiger partial charge in [0.25, 0.3) is 0 Å². The Morgan fingerprint density at radius 1 is 1.45 bits per heavy atom. The van der Waals surface area contributed by atoms with Gasteiger partial charge in [0, 0.05) is 32.0 Å². The van der Waals surface area contributed by atoms with E-state index in [4.69, 9.17) is 4.74 Å². The van der Waals surface area contributed by atoms with E-state index < -0.39 is 0 Å². The Bertz CT molecular complexity index is 439. The lowest BCUT2D eigenvalue weighted by Crippen LogP contribution is -2.48. The summed E-state index contributed by atoms with van der Waals surface area (Å²) >= 11 is 0. The Labute approximate surface area is 121 Å². The Hall–Kier alpha value is -1.20. The van der Waals surface area contributed by atoms with Crippen molar-refractivity contribution < 1.29 is 4.74 Å². The van der Waals surface area contributed by atoms with Crippen LogP contribution in [0.5, 0.6) is 0 Å². The van der Waals surface area contributed by atoms with Crippen LogP contribution in [0.15, 0.2) is 18.6 Å². The molecule has 2 atom stereocenters. The van der Waals surface area contributed by atoms with Gasteiger partial charge < -0.3 is 14.5 Å². The van der Waals surface area contributed by atoms with Gasteiger partial charge >= 0.3 is 0 Å². The predicted octanol–water partition coefficient (Wildman–Crippen LogP) is 1.41. The van der Waals surface area contributed by atoms with Crippen molar-refractivity contribution in [3.05, 3.63) is 18.6 Å². The van der Waals surface area contributed by atoms with Gasteiger partial charge in [-0.2, -0.15) is 0 Å². The van der Waals surface area contributed by atoms with Gasteiger partial charge in [0.1, 0.15) is 5.82 Å². The predicted molar refractivity (Wildman–Crippen MR) is 78.8 cm³/mol. The summed E-state index contributed by atoms with van der Waals surface area (Å²) in [5, 5.41) is 0. The van der Waals surface area contributed by atoms with E-state index in [9.17, 15) is 0 Å². The molecule has 2 aliphatic rings. The SMILES string of the molecule is CN(C)CC1COC2(CCCN(c3cnccn3)C2)C1. The maximum atomic E-state index is 6.23. The lowest BCUT2D eigenvalue weighted by atomic mass is 9.86. The molecule has 1 spiro atoms. The molecule has 2 aliphatic heterocycles. The minimum Gasteiger partial charge on any atom is -0.373 e. The molecule has 110 valence electrons. The quantitative estimate of drug-likeness (QED) is 0.835. The number of ether oxygens (including phenoxy) is 1. The first-order valence-corrected chi connectivity index (χ1v) is 7.47. The molecule has 5 nitrogen and oxygen atoms in total. The van der Waals surface area contributed by atoms with Crippen LogP contribution in [0.1, 0.15) is 19.3 Å². The van der Waals surface area contributed by atoms with E-state index in [1.54, 1.807) is 12.4 Å². The van der Waals surface area contributed by atoms with Crippen molar-refractivity contribution in [3.8, 4) is 0 Å². The van der Waals surface area contributed by atoms with Crippen molar-refractivity contribution in [2.45, 2.75) is 24.9 Å². The Balaban J connectivity index is 1.67. The Kier molecular flexibility index (Phi) is 3.89. The highest BCUT2D eigenvalue weighted by atomic mass is 16.5. The van der Waals surface area contributed by atoms with Crippen LogP contribution in [0.2, 0.25) is 0 Å². The fourth-order valence-electron chi connectivity index (χ4n) is 3.60. The monoisotopic (exact) mass is 276 g/mol. The van der Waals surface area contributed by atoms with E-state index >= 15 is 0 Å². The molecule has 0 bridgehead atoms. The average molecular weight is 276 g/mol. The summed E-state index contributed by atoms with van der Waals surface area (Å²) < 4.78 is 6.23. The van der Waals surface area contributed by atoms with Crippen molar-refractivity contribution in [2.75, 3.05) is 45.2 Å². The van der Waals surface area contributed by atoms with Crippen LogP contribution < -0.4 is 4.90 Å². The molecule has 0 radical (unpaired) electrons. The molecule has 0 aromatic carbocycles. The maximum Gasteiger partial charge on any atom is 0.147 e. The molecule has 5 heteroatoms. The highest BCUT2D eigenvalue weighted by Crippen LogP contribution is 2.38. The van der Waals surface area contributed by atoms with E-state index in [2.05, 4.69) is 33.9 Å². The summed E-state index contributed by atoms with van der Waals surface area (Å²) in [7, 11) is 4.27. The molecule has 0 aliphatic carbocycles. The van der Waals surface area contributed by atoms with Crippen molar-refractivity contribution in [1.82, 2.24) is 14.9 Å². The molecule has 3 heterocycles. The van der Waals surface area contributed by atoms with Crippen LogP contribution in [0, 0.1) is 5.92 Å². The van der Waals surface area contributed by atoms with Gasteiger partial charge in [-0.05, 0) is 39.3 Å². The molecule has 1 aromatic rings. The van der Waals surface area contributed by atoms with Crippen molar-refractivity contribution >= 4 is 5.82 Å². The summed E-state index contributed by atoms with van der Waals surface area (Å²) in [5.41, 5.74) is 0.0381. The van der Waals surface area contributed by atoms with E-state index in [0.29, 0.717) is 5.92 Å². The molecule has 20 heavy (non-hydrogen) atoms. The zero-order chi connectivity index (χ0) is 14.0. The highest BCUT2D eigenvalue weighted by Gasteiger charge is 2.43. The van der Waals surface area contributed by atoms with E-state index in [0.717, 1.165) is 32.1 Å². The van der Waals surface area contributed by atoms with E-state index in [-0.39, 0.29) is 5.60 Å². The lowest BCUT2D eigenvalue weighted by Gasteiger charge is -2.40. The van der Waals surface area contributed by atoms with Gasteiger partial charge in [-0.1, -0.05) is 0 Å². The molecule has 2 unspecified atom stereocenters.